The molecule has 1 fully saturated rings. The molecule has 4 rings (SSSR count). The Labute approximate surface area is 147 Å². The van der Waals surface area contributed by atoms with Crippen LogP contribution in [0.15, 0.2) is 34.9 Å². The number of hydrogen-bond donors (Lipinski definition) is 0. The molecule has 1 aromatic heterocycles. The lowest BCUT2D eigenvalue weighted by atomic mass is 10.0. The first-order valence-electron chi connectivity index (χ1n) is 8.77. The second-order valence-electron chi connectivity index (χ2n) is 6.77. The average Bonchev–Trinajstić information content (AvgIpc) is 3.32. The fourth-order valence-corrected chi connectivity index (χ4v) is 3.79. The molecule has 0 radical (unpaired) electrons. The van der Waals surface area contributed by atoms with Crippen molar-refractivity contribution in [2.75, 3.05) is 27.3 Å². The predicted molar refractivity (Wildman–Crippen MR) is 93.1 cm³/mol. The molecular formula is C20H23NO4. The molecule has 0 saturated heterocycles. The highest BCUT2D eigenvalue weighted by molar-refractivity contribution is 5.83. The van der Waals surface area contributed by atoms with Crippen LogP contribution in [0.3, 0.4) is 0 Å². The molecular weight excluding hydrogens is 318 g/mol. The van der Waals surface area contributed by atoms with Crippen molar-refractivity contribution in [1.29, 1.82) is 0 Å². The van der Waals surface area contributed by atoms with Crippen LogP contribution in [0.4, 0.5) is 0 Å². The standard InChI is InChI=1S/C20H23NO4/c1-23-18-10-13-5-7-21(8-6-14(13)11-19(18)24-2)20(22)16-12-15(16)17-4-3-9-25-17/h3-4,9-11,15-16H,5-8,12H2,1-2H3/t15-,16-/m1/s1. The van der Waals surface area contributed by atoms with Crippen molar-refractivity contribution < 1.29 is 18.7 Å². The van der Waals surface area contributed by atoms with Crippen LogP contribution in [0.25, 0.3) is 0 Å². The van der Waals surface area contributed by atoms with E-state index in [4.69, 9.17) is 13.9 Å². The first kappa shape index (κ1) is 16.1. The molecule has 25 heavy (non-hydrogen) atoms. The quantitative estimate of drug-likeness (QED) is 0.858. The van der Waals surface area contributed by atoms with Crippen LogP contribution in [0.2, 0.25) is 0 Å². The van der Waals surface area contributed by atoms with E-state index in [1.54, 1.807) is 20.5 Å². The van der Waals surface area contributed by atoms with E-state index in [2.05, 4.69) is 0 Å². The predicted octanol–water partition coefficient (Wildman–Crippen LogP) is 3.03. The lowest BCUT2D eigenvalue weighted by Crippen LogP contribution is -2.34. The Hall–Kier alpha value is -2.43. The van der Waals surface area contributed by atoms with E-state index in [-0.39, 0.29) is 17.7 Å². The van der Waals surface area contributed by atoms with E-state index < -0.39 is 0 Å². The molecule has 1 aliphatic heterocycles. The Kier molecular flexibility index (Phi) is 4.15. The van der Waals surface area contributed by atoms with Gasteiger partial charge in [0, 0.05) is 24.9 Å². The normalized spacial score (nSPS) is 22.1. The molecule has 0 bridgehead atoms. The van der Waals surface area contributed by atoms with E-state index in [0.29, 0.717) is 0 Å². The molecule has 2 atom stereocenters. The number of methoxy groups -OCH3 is 2. The largest absolute Gasteiger partial charge is 0.493 e. The van der Waals surface area contributed by atoms with Crippen LogP contribution in [0.1, 0.15) is 29.2 Å². The summed E-state index contributed by atoms with van der Waals surface area (Å²) in [6.45, 7) is 1.51. The molecule has 0 unspecified atom stereocenters. The molecule has 1 aromatic carbocycles. The maximum Gasteiger partial charge on any atom is 0.226 e. The number of rotatable bonds is 4. The van der Waals surface area contributed by atoms with Crippen LogP contribution >= 0.6 is 0 Å². The van der Waals surface area contributed by atoms with Crippen LogP contribution in [-0.4, -0.2) is 38.1 Å². The van der Waals surface area contributed by atoms with Gasteiger partial charge in [-0.1, -0.05) is 0 Å². The third-order valence-corrected chi connectivity index (χ3v) is 5.34. The number of benzene rings is 1. The minimum atomic E-state index is 0.0800. The van der Waals surface area contributed by atoms with Crippen molar-refractivity contribution in [3.05, 3.63) is 47.4 Å². The summed E-state index contributed by atoms with van der Waals surface area (Å²) < 4.78 is 16.3. The number of furan rings is 1. The van der Waals surface area contributed by atoms with Gasteiger partial charge < -0.3 is 18.8 Å². The van der Waals surface area contributed by atoms with Gasteiger partial charge in [0.1, 0.15) is 5.76 Å². The van der Waals surface area contributed by atoms with Gasteiger partial charge >= 0.3 is 0 Å². The molecule has 2 aromatic rings. The Morgan fingerprint density at radius 3 is 2.28 bits per heavy atom. The average molecular weight is 341 g/mol. The van der Waals surface area contributed by atoms with Gasteiger partial charge in [-0.15, -0.1) is 0 Å². The highest BCUT2D eigenvalue weighted by atomic mass is 16.5. The van der Waals surface area contributed by atoms with Crippen molar-refractivity contribution >= 4 is 5.91 Å². The fraction of sp³-hybridized carbons (Fsp3) is 0.450. The van der Waals surface area contributed by atoms with Gasteiger partial charge in [-0.2, -0.15) is 0 Å². The van der Waals surface area contributed by atoms with Crippen LogP contribution in [0.5, 0.6) is 11.5 Å². The number of carbonyl (C=O) groups excluding carboxylic acids is 1. The lowest BCUT2D eigenvalue weighted by molar-refractivity contribution is -0.132. The molecule has 1 saturated carbocycles. The van der Waals surface area contributed by atoms with E-state index in [0.717, 1.165) is 49.6 Å². The van der Waals surface area contributed by atoms with Crippen molar-refractivity contribution in [3.8, 4) is 11.5 Å². The molecule has 0 N–H and O–H groups in total. The minimum Gasteiger partial charge on any atom is -0.493 e. The van der Waals surface area contributed by atoms with Gasteiger partial charge in [0.15, 0.2) is 11.5 Å². The van der Waals surface area contributed by atoms with Gasteiger partial charge in [0.05, 0.1) is 20.5 Å². The molecule has 2 heterocycles. The maximum atomic E-state index is 12.9. The zero-order valence-electron chi connectivity index (χ0n) is 14.7. The minimum absolute atomic E-state index is 0.0800. The van der Waals surface area contributed by atoms with Crippen LogP contribution in [-0.2, 0) is 17.6 Å². The van der Waals surface area contributed by atoms with Gasteiger partial charge in [0.25, 0.3) is 0 Å². The second kappa shape index (κ2) is 6.47. The van der Waals surface area contributed by atoms with Crippen LogP contribution < -0.4 is 9.47 Å². The molecule has 5 nitrogen and oxygen atoms in total. The summed E-state index contributed by atoms with van der Waals surface area (Å²) in [5.74, 6) is 3.03. The third kappa shape index (κ3) is 2.99. The van der Waals surface area contributed by atoms with Crippen molar-refractivity contribution in [3.63, 3.8) is 0 Å². The lowest BCUT2D eigenvalue weighted by Gasteiger charge is -2.20. The number of amides is 1. The van der Waals surface area contributed by atoms with E-state index >= 15 is 0 Å². The molecule has 5 heteroatoms. The zero-order chi connectivity index (χ0) is 17.4. The molecule has 132 valence electrons. The van der Waals surface area contributed by atoms with Gasteiger partial charge in [-0.05, 0) is 54.7 Å². The smallest absolute Gasteiger partial charge is 0.226 e. The number of ether oxygens (including phenoxy) is 2. The monoisotopic (exact) mass is 341 g/mol. The Balaban J connectivity index is 1.46. The second-order valence-corrected chi connectivity index (χ2v) is 6.77. The first-order valence-corrected chi connectivity index (χ1v) is 8.77. The van der Waals surface area contributed by atoms with Crippen molar-refractivity contribution in [2.45, 2.75) is 25.2 Å². The highest BCUT2D eigenvalue weighted by Crippen LogP contribution is 2.48. The van der Waals surface area contributed by atoms with E-state index in [1.807, 2.05) is 29.2 Å². The number of carbonyl (C=O) groups is 1. The summed E-state index contributed by atoms with van der Waals surface area (Å²) in [5, 5.41) is 0. The Morgan fingerprint density at radius 1 is 1.12 bits per heavy atom. The van der Waals surface area contributed by atoms with Gasteiger partial charge in [0.2, 0.25) is 5.91 Å². The summed E-state index contributed by atoms with van der Waals surface area (Å²) in [6, 6.07) is 7.95. The van der Waals surface area contributed by atoms with Crippen molar-refractivity contribution in [1.82, 2.24) is 4.90 Å². The molecule has 2 aliphatic rings. The zero-order valence-corrected chi connectivity index (χ0v) is 14.7. The topological polar surface area (TPSA) is 51.9 Å². The number of nitrogens with zero attached hydrogens (tertiary/aromatic N) is 1. The summed E-state index contributed by atoms with van der Waals surface area (Å²) in [5.41, 5.74) is 2.48. The Morgan fingerprint density at radius 2 is 1.76 bits per heavy atom. The SMILES string of the molecule is COc1cc2c(cc1OC)CCN(C(=O)[C@@H]1C[C@H]1c1ccco1)CC2. The molecule has 0 spiro atoms. The summed E-state index contributed by atoms with van der Waals surface area (Å²) in [4.78, 5) is 14.9. The third-order valence-electron chi connectivity index (χ3n) is 5.34. The fourth-order valence-electron chi connectivity index (χ4n) is 3.79. The highest BCUT2D eigenvalue weighted by Gasteiger charge is 2.47. The van der Waals surface area contributed by atoms with Gasteiger partial charge in [-0.25, -0.2) is 0 Å². The van der Waals surface area contributed by atoms with E-state index in [9.17, 15) is 4.79 Å². The van der Waals surface area contributed by atoms with E-state index in [1.165, 1.54) is 11.1 Å². The molecule has 1 aliphatic carbocycles. The maximum absolute atomic E-state index is 12.9. The summed E-state index contributed by atoms with van der Waals surface area (Å²) >= 11 is 0. The van der Waals surface area contributed by atoms with Gasteiger partial charge in [-0.3, -0.25) is 4.79 Å². The Bertz CT molecular complexity index is 733. The summed E-state index contributed by atoms with van der Waals surface area (Å²) in [6.07, 6.45) is 4.27. The first-order chi connectivity index (χ1) is 12.2. The molecule has 1 amide bonds. The number of hydrogen-bond acceptors (Lipinski definition) is 4. The summed E-state index contributed by atoms with van der Waals surface area (Å²) in [7, 11) is 3.30. The van der Waals surface area contributed by atoms with Crippen molar-refractivity contribution in [2.24, 2.45) is 5.92 Å². The number of fused-ring (bicyclic) bond motifs is 1. The van der Waals surface area contributed by atoms with Crippen LogP contribution in [0, 0.1) is 5.92 Å².